The maximum absolute atomic E-state index is 12.2. The lowest BCUT2D eigenvalue weighted by molar-refractivity contribution is -0.125. The van der Waals surface area contributed by atoms with Gasteiger partial charge in [0.05, 0.1) is 18.5 Å². The van der Waals surface area contributed by atoms with Crippen LogP contribution in [0.5, 0.6) is 5.75 Å². The number of hydrogen-bond donors (Lipinski definition) is 0. The molecular weight excluding hydrogens is 244 g/mol. The second-order valence-electron chi connectivity index (χ2n) is 4.77. The molecule has 2 rings (SSSR count). The fourth-order valence-electron chi connectivity index (χ4n) is 2.30. The van der Waals surface area contributed by atoms with Crippen LogP contribution in [0, 0.1) is 0 Å². The average molecular weight is 262 g/mol. The van der Waals surface area contributed by atoms with Gasteiger partial charge in [-0.25, -0.2) is 4.90 Å². The van der Waals surface area contributed by atoms with Crippen molar-refractivity contribution in [2.24, 2.45) is 0 Å². The molecule has 0 unspecified atom stereocenters. The molecule has 5 nitrogen and oxygen atoms in total. The van der Waals surface area contributed by atoms with Crippen LogP contribution in [0.15, 0.2) is 18.2 Å². The van der Waals surface area contributed by atoms with Crippen molar-refractivity contribution in [1.29, 1.82) is 0 Å². The molecule has 1 aliphatic heterocycles. The first-order valence-electron chi connectivity index (χ1n) is 6.20. The van der Waals surface area contributed by atoms with Crippen molar-refractivity contribution >= 4 is 23.2 Å². The molecule has 0 bridgehead atoms. The van der Waals surface area contributed by atoms with E-state index < -0.39 is 0 Å². The van der Waals surface area contributed by atoms with E-state index >= 15 is 0 Å². The minimum absolute atomic E-state index is 0.0303. The molecule has 0 saturated heterocycles. The zero-order valence-electron chi connectivity index (χ0n) is 11.6. The second kappa shape index (κ2) is 4.91. The number of amides is 2. The van der Waals surface area contributed by atoms with E-state index in [1.165, 1.54) is 11.8 Å². The Morgan fingerprint density at radius 3 is 2.63 bits per heavy atom. The summed E-state index contributed by atoms with van der Waals surface area (Å²) in [6.07, 6.45) is 0.313. The minimum Gasteiger partial charge on any atom is -0.497 e. The van der Waals surface area contributed by atoms with Crippen LogP contribution in [0.25, 0.3) is 0 Å². The SMILES string of the molecule is COc1ccc2c(c1)N(C)[C@@H](C)CC(=O)N2C(C)=O. The fraction of sp³-hybridized carbons (Fsp3) is 0.429. The van der Waals surface area contributed by atoms with Gasteiger partial charge in [0.25, 0.3) is 0 Å². The first kappa shape index (κ1) is 13.4. The van der Waals surface area contributed by atoms with Crippen LogP contribution in [0.1, 0.15) is 20.3 Å². The van der Waals surface area contributed by atoms with E-state index in [4.69, 9.17) is 4.74 Å². The number of benzene rings is 1. The maximum Gasteiger partial charge on any atom is 0.235 e. The number of rotatable bonds is 1. The third-order valence-corrected chi connectivity index (χ3v) is 3.50. The number of anilines is 2. The van der Waals surface area contributed by atoms with Gasteiger partial charge < -0.3 is 9.64 Å². The highest BCUT2D eigenvalue weighted by Gasteiger charge is 2.31. The fourth-order valence-corrected chi connectivity index (χ4v) is 2.30. The number of methoxy groups -OCH3 is 1. The molecule has 1 atom stereocenters. The van der Waals surface area contributed by atoms with E-state index in [0.29, 0.717) is 17.9 Å². The molecular formula is C14H18N2O3. The second-order valence-corrected chi connectivity index (χ2v) is 4.77. The third kappa shape index (κ3) is 2.28. The third-order valence-electron chi connectivity index (χ3n) is 3.50. The summed E-state index contributed by atoms with van der Waals surface area (Å²) in [5.41, 5.74) is 1.44. The number of carbonyl (C=O) groups is 2. The van der Waals surface area contributed by atoms with Gasteiger partial charge in [-0.2, -0.15) is 0 Å². The number of hydrogen-bond acceptors (Lipinski definition) is 4. The maximum atomic E-state index is 12.2. The smallest absolute Gasteiger partial charge is 0.235 e. The Morgan fingerprint density at radius 1 is 1.37 bits per heavy atom. The van der Waals surface area contributed by atoms with Crippen molar-refractivity contribution in [3.8, 4) is 5.75 Å². The van der Waals surface area contributed by atoms with Gasteiger partial charge in [0.2, 0.25) is 11.8 Å². The minimum atomic E-state index is -0.265. The van der Waals surface area contributed by atoms with Gasteiger partial charge in [-0.1, -0.05) is 0 Å². The molecule has 0 N–H and O–H groups in total. The van der Waals surface area contributed by atoms with E-state index in [1.54, 1.807) is 19.2 Å². The van der Waals surface area contributed by atoms with E-state index in [-0.39, 0.29) is 17.9 Å². The van der Waals surface area contributed by atoms with E-state index in [1.807, 2.05) is 24.9 Å². The Morgan fingerprint density at radius 2 is 2.05 bits per heavy atom. The summed E-state index contributed by atoms with van der Waals surface area (Å²) in [6.45, 7) is 3.37. The molecule has 0 aromatic heterocycles. The molecule has 102 valence electrons. The standard InChI is InChI=1S/C14H18N2O3/c1-9-7-14(18)16(10(2)17)12-6-5-11(19-4)8-13(12)15(9)3/h5-6,8-9H,7H2,1-4H3/t9-/m0/s1. The van der Waals surface area contributed by atoms with Crippen molar-refractivity contribution in [2.75, 3.05) is 24.0 Å². The van der Waals surface area contributed by atoms with Crippen LogP contribution >= 0.6 is 0 Å². The molecule has 0 fully saturated rings. The van der Waals surface area contributed by atoms with Gasteiger partial charge in [0.1, 0.15) is 5.75 Å². The van der Waals surface area contributed by atoms with Gasteiger partial charge in [0.15, 0.2) is 0 Å². The summed E-state index contributed by atoms with van der Waals surface area (Å²) in [6, 6.07) is 5.39. The van der Waals surface area contributed by atoms with Crippen LogP contribution in [-0.4, -0.2) is 32.0 Å². The summed E-state index contributed by atoms with van der Waals surface area (Å²) in [4.78, 5) is 27.2. The first-order chi connectivity index (χ1) is 8.95. The molecule has 5 heteroatoms. The Hall–Kier alpha value is -2.04. The lowest BCUT2D eigenvalue weighted by atomic mass is 10.2. The van der Waals surface area contributed by atoms with E-state index in [2.05, 4.69) is 0 Å². The van der Waals surface area contributed by atoms with Crippen molar-refractivity contribution in [2.45, 2.75) is 26.3 Å². The number of carbonyl (C=O) groups excluding carboxylic acids is 2. The zero-order chi connectivity index (χ0) is 14.2. The lowest BCUT2D eigenvalue weighted by Crippen LogP contribution is -2.36. The van der Waals surface area contributed by atoms with Gasteiger partial charge in [-0.3, -0.25) is 9.59 Å². The van der Waals surface area contributed by atoms with Crippen molar-refractivity contribution in [3.63, 3.8) is 0 Å². The van der Waals surface area contributed by atoms with Gasteiger partial charge in [-0.05, 0) is 19.1 Å². The van der Waals surface area contributed by atoms with E-state index in [9.17, 15) is 9.59 Å². The molecule has 1 aliphatic rings. The Balaban J connectivity index is 2.62. The van der Waals surface area contributed by atoms with Crippen molar-refractivity contribution in [1.82, 2.24) is 0 Å². The molecule has 19 heavy (non-hydrogen) atoms. The summed E-state index contributed by atoms with van der Waals surface area (Å²) in [5, 5.41) is 0. The molecule has 0 saturated carbocycles. The topological polar surface area (TPSA) is 49.9 Å². The van der Waals surface area contributed by atoms with Crippen LogP contribution < -0.4 is 14.5 Å². The molecule has 0 radical (unpaired) electrons. The average Bonchev–Trinajstić information content (AvgIpc) is 2.45. The van der Waals surface area contributed by atoms with Crippen LogP contribution in [0.4, 0.5) is 11.4 Å². The monoisotopic (exact) mass is 262 g/mol. The quantitative estimate of drug-likeness (QED) is 0.774. The van der Waals surface area contributed by atoms with Crippen LogP contribution in [0.2, 0.25) is 0 Å². The van der Waals surface area contributed by atoms with Crippen LogP contribution in [-0.2, 0) is 9.59 Å². The molecule has 0 spiro atoms. The number of nitrogens with zero attached hydrogens (tertiary/aromatic N) is 2. The Bertz CT molecular complexity index is 527. The Kier molecular flexibility index (Phi) is 3.46. The summed E-state index contributed by atoms with van der Waals surface area (Å²) >= 11 is 0. The number of ether oxygens (including phenoxy) is 1. The van der Waals surface area contributed by atoms with Crippen LogP contribution in [0.3, 0.4) is 0 Å². The zero-order valence-corrected chi connectivity index (χ0v) is 11.6. The highest BCUT2D eigenvalue weighted by molar-refractivity contribution is 6.16. The molecule has 1 heterocycles. The van der Waals surface area contributed by atoms with Crippen molar-refractivity contribution < 1.29 is 14.3 Å². The summed E-state index contributed by atoms with van der Waals surface area (Å²) < 4.78 is 5.21. The summed E-state index contributed by atoms with van der Waals surface area (Å²) in [5.74, 6) is 0.269. The number of imide groups is 1. The molecule has 1 aromatic carbocycles. The highest BCUT2D eigenvalue weighted by atomic mass is 16.5. The van der Waals surface area contributed by atoms with Gasteiger partial charge >= 0.3 is 0 Å². The predicted molar refractivity (Wildman–Crippen MR) is 73.6 cm³/mol. The van der Waals surface area contributed by atoms with E-state index in [0.717, 1.165) is 5.69 Å². The predicted octanol–water partition coefficient (Wildman–Crippen LogP) is 1.80. The lowest BCUT2D eigenvalue weighted by Gasteiger charge is -2.25. The number of fused-ring (bicyclic) bond motifs is 1. The Labute approximate surface area is 112 Å². The van der Waals surface area contributed by atoms with Gasteiger partial charge in [-0.15, -0.1) is 0 Å². The first-order valence-corrected chi connectivity index (χ1v) is 6.20. The highest BCUT2D eigenvalue weighted by Crippen LogP contribution is 2.36. The largest absolute Gasteiger partial charge is 0.497 e. The molecule has 0 aliphatic carbocycles. The normalized spacial score (nSPS) is 18.9. The van der Waals surface area contributed by atoms with Crippen molar-refractivity contribution in [3.05, 3.63) is 18.2 Å². The molecule has 2 amide bonds. The summed E-state index contributed by atoms with van der Waals surface area (Å²) in [7, 11) is 3.51. The molecule has 1 aromatic rings. The van der Waals surface area contributed by atoms with Gasteiger partial charge in [0, 0.05) is 32.5 Å².